The Morgan fingerprint density at radius 3 is 2.71 bits per heavy atom. The van der Waals surface area contributed by atoms with Crippen LogP contribution < -0.4 is 11.1 Å². The number of aliphatic hydroxyl groups excluding tert-OH is 1. The van der Waals surface area contributed by atoms with Gasteiger partial charge in [0.05, 0.1) is 11.7 Å². The number of nitrogens with two attached hydrogens (primary N) is 1. The summed E-state index contributed by atoms with van der Waals surface area (Å²) in [5.74, 6) is -0.195. The van der Waals surface area contributed by atoms with Gasteiger partial charge in [0.15, 0.2) is 0 Å². The molecule has 1 aromatic rings. The van der Waals surface area contributed by atoms with E-state index >= 15 is 0 Å². The van der Waals surface area contributed by atoms with E-state index in [1.807, 2.05) is 19.9 Å². The van der Waals surface area contributed by atoms with Crippen molar-refractivity contribution in [3.63, 3.8) is 0 Å². The van der Waals surface area contributed by atoms with Gasteiger partial charge in [0.1, 0.15) is 0 Å². The molecule has 0 aliphatic rings. The predicted octanol–water partition coefficient (Wildman–Crippen LogP) is 1.47. The fraction of sp³-hybridized carbons (Fsp3) is 0.462. The van der Waals surface area contributed by atoms with E-state index in [4.69, 9.17) is 5.73 Å². The molecule has 17 heavy (non-hydrogen) atoms. The molecule has 0 aliphatic heterocycles. The molecule has 94 valence electrons. The van der Waals surface area contributed by atoms with Gasteiger partial charge in [0, 0.05) is 11.7 Å². The quantitative estimate of drug-likeness (QED) is 0.693. The molecular weight excluding hydrogens is 216 g/mol. The van der Waals surface area contributed by atoms with E-state index in [9.17, 15) is 9.90 Å². The van der Waals surface area contributed by atoms with Crippen molar-refractivity contribution >= 4 is 11.6 Å². The number of benzene rings is 1. The van der Waals surface area contributed by atoms with Gasteiger partial charge in [-0.25, -0.2) is 0 Å². The van der Waals surface area contributed by atoms with Gasteiger partial charge < -0.3 is 16.2 Å². The molecule has 0 aliphatic carbocycles. The van der Waals surface area contributed by atoms with E-state index < -0.39 is 6.10 Å². The summed E-state index contributed by atoms with van der Waals surface area (Å²) in [5, 5.41) is 12.0. The molecule has 0 saturated heterocycles. The number of amides is 1. The summed E-state index contributed by atoms with van der Waals surface area (Å²) in [6.07, 6.45) is 0.0948. The molecule has 1 rings (SSSR count). The second-order valence-electron chi connectivity index (χ2n) is 4.50. The Bertz CT molecular complexity index is 402. The third kappa shape index (κ3) is 3.75. The molecule has 2 unspecified atom stereocenters. The number of aliphatic hydroxyl groups is 1. The summed E-state index contributed by atoms with van der Waals surface area (Å²) in [6.45, 7) is 5.42. The highest BCUT2D eigenvalue weighted by Crippen LogP contribution is 2.16. The maximum atomic E-state index is 11.9. The lowest BCUT2D eigenvalue weighted by atomic mass is 10.1. The van der Waals surface area contributed by atoms with Crippen LogP contribution in [0.1, 0.15) is 36.2 Å². The van der Waals surface area contributed by atoms with Gasteiger partial charge in [-0.1, -0.05) is 12.1 Å². The Labute approximate surface area is 102 Å². The standard InChI is InChI=1S/C13H20N2O2/c1-8-5-4-6-11(12(8)14)13(17)15-9(2)7-10(3)16/h4-6,9-10,16H,7,14H2,1-3H3,(H,15,17). The fourth-order valence-corrected chi connectivity index (χ4v) is 1.75. The Kier molecular flexibility index (Phi) is 4.52. The highest BCUT2D eigenvalue weighted by atomic mass is 16.3. The third-order valence-corrected chi connectivity index (χ3v) is 2.64. The van der Waals surface area contributed by atoms with E-state index in [0.717, 1.165) is 5.56 Å². The van der Waals surface area contributed by atoms with Gasteiger partial charge in [-0.2, -0.15) is 0 Å². The Hall–Kier alpha value is -1.55. The van der Waals surface area contributed by atoms with Crippen molar-refractivity contribution in [1.29, 1.82) is 0 Å². The van der Waals surface area contributed by atoms with Crippen molar-refractivity contribution < 1.29 is 9.90 Å². The van der Waals surface area contributed by atoms with E-state index in [-0.39, 0.29) is 11.9 Å². The first-order valence-electron chi connectivity index (χ1n) is 5.75. The smallest absolute Gasteiger partial charge is 0.253 e. The van der Waals surface area contributed by atoms with E-state index in [1.54, 1.807) is 19.1 Å². The molecular formula is C13H20N2O2. The maximum Gasteiger partial charge on any atom is 0.253 e. The lowest BCUT2D eigenvalue weighted by Gasteiger charge is -2.16. The molecule has 0 saturated carbocycles. The molecule has 2 atom stereocenters. The zero-order valence-corrected chi connectivity index (χ0v) is 10.5. The van der Waals surface area contributed by atoms with Crippen molar-refractivity contribution in [2.45, 2.75) is 39.3 Å². The van der Waals surface area contributed by atoms with Gasteiger partial charge in [0.25, 0.3) is 5.91 Å². The van der Waals surface area contributed by atoms with Crippen LogP contribution in [0.2, 0.25) is 0 Å². The number of carbonyl (C=O) groups excluding carboxylic acids is 1. The number of para-hydroxylation sites is 1. The number of carbonyl (C=O) groups is 1. The van der Waals surface area contributed by atoms with Gasteiger partial charge >= 0.3 is 0 Å². The number of hydrogen-bond donors (Lipinski definition) is 3. The molecule has 0 bridgehead atoms. The lowest BCUT2D eigenvalue weighted by molar-refractivity contribution is 0.0924. The Morgan fingerprint density at radius 2 is 2.12 bits per heavy atom. The highest BCUT2D eigenvalue weighted by molar-refractivity contribution is 5.99. The number of anilines is 1. The van der Waals surface area contributed by atoms with Crippen LogP contribution in [0.3, 0.4) is 0 Å². The number of nitrogens with one attached hydrogen (secondary N) is 1. The normalized spacial score (nSPS) is 14.1. The van der Waals surface area contributed by atoms with Crippen LogP contribution in [-0.2, 0) is 0 Å². The minimum absolute atomic E-state index is 0.0811. The second kappa shape index (κ2) is 5.68. The van der Waals surface area contributed by atoms with Gasteiger partial charge in [-0.15, -0.1) is 0 Å². The summed E-state index contributed by atoms with van der Waals surface area (Å²) in [7, 11) is 0. The number of rotatable bonds is 4. The molecule has 1 amide bonds. The van der Waals surface area contributed by atoms with E-state index in [1.165, 1.54) is 0 Å². The molecule has 1 aromatic carbocycles. The van der Waals surface area contributed by atoms with Gasteiger partial charge in [-0.05, 0) is 38.8 Å². The lowest BCUT2D eigenvalue weighted by Crippen LogP contribution is -2.35. The van der Waals surface area contributed by atoms with Crippen LogP contribution in [0.15, 0.2) is 18.2 Å². The molecule has 0 heterocycles. The summed E-state index contributed by atoms with van der Waals surface area (Å²) >= 11 is 0. The first-order valence-corrected chi connectivity index (χ1v) is 5.75. The summed E-state index contributed by atoms with van der Waals surface area (Å²) in [4.78, 5) is 11.9. The van der Waals surface area contributed by atoms with Gasteiger partial charge in [-0.3, -0.25) is 4.79 Å². The van der Waals surface area contributed by atoms with Crippen molar-refractivity contribution in [3.8, 4) is 0 Å². The van der Waals surface area contributed by atoms with Crippen molar-refractivity contribution in [2.75, 3.05) is 5.73 Å². The molecule has 4 N–H and O–H groups in total. The molecule has 0 spiro atoms. The number of nitrogen functional groups attached to an aromatic ring is 1. The minimum atomic E-state index is -0.430. The van der Waals surface area contributed by atoms with Crippen LogP contribution in [0.25, 0.3) is 0 Å². The number of aryl methyl sites for hydroxylation is 1. The zero-order chi connectivity index (χ0) is 13.0. The predicted molar refractivity (Wildman–Crippen MR) is 68.8 cm³/mol. The monoisotopic (exact) mass is 236 g/mol. The third-order valence-electron chi connectivity index (χ3n) is 2.64. The maximum absolute atomic E-state index is 11.9. The van der Waals surface area contributed by atoms with Crippen molar-refractivity contribution in [2.24, 2.45) is 0 Å². The van der Waals surface area contributed by atoms with Crippen LogP contribution in [0, 0.1) is 6.92 Å². The number of hydrogen-bond acceptors (Lipinski definition) is 3. The SMILES string of the molecule is Cc1cccc(C(=O)NC(C)CC(C)O)c1N. The van der Waals surface area contributed by atoms with Crippen LogP contribution in [0.4, 0.5) is 5.69 Å². The molecule has 4 heteroatoms. The Morgan fingerprint density at radius 1 is 1.47 bits per heavy atom. The average molecular weight is 236 g/mol. The highest BCUT2D eigenvalue weighted by Gasteiger charge is 2.14. The first kappa shape index (κ1) is 13.5. The molecule has 0 aromatic heterocycles. The van der Waals surface area contributed by atoms with Crippen LogP contribution >= 0.6 is 0 Å². The molecule has 4 nitrogen and oxygen atoms in total. The fourth-order valence-electron chi connectivity index (χ4n) is 1.75. The summed E-state index contributed by atoms with van der Waals surface area (Å²) in [6, 6.07) is 5.29. The van der Waals surface area contributed by atoms with Crippen molar-refractivity contribution in [3.05, 3.63) is 29.3 Å². The van der Waals surface area contributed by atoms with Crippen molar-refractivity contribution in [1.82, 2.24) is 5.32 Å². The minimum Gasteiger partial charge on any atom is -0.398 e. The second-order valence-corrected chi connectivity index (χ2v) is 4.50. The molecule has 0 radical (unpaired) electrons. The summed E-state index contributed by atoms with van der Waals surface area (Å²) < 4.78 is 0. The van der Waals surface area contributed by atoms with Gasteiger partial charge in [0.2, 0.25) is 0 Å². The van der Waals surface area contributed by atoms with Crippen LogP contribution in [0.5, 0.6) is 0 Å². The summed E-state index contributed by atoms with van der Waals surface area (Å²) in [5.41, 5.74) is 7.74. The zero-order valence-electron chi connectivity index (χ0n) is 10.5. The van der Waals surface area contributed by atoms with E-state index in [0.29, 0.717) is 17.7 Å². The molecule has 0 fully saturated rings. The first-order chi connectivity index (χ1) is 7.91. The largest absolute Gasteiger partial charge is 0.398 e. The Balaban J connectivity index is 2.73. The average Bonchev–Trinajstić information content (AvgIpc) is 2.20. The van der Waals surface area contributed by atoms with E-state index in [2.05, 4.69) is 5.32 Å². The topological polar surface area (TPSA) is 75.3 Å². The van der Waals surface area contributed by atoms with Crippen LogP contribution in [-0.4, -0.2) is 23.2 Å².